The number of carbonyl (C=O) groups is 1. The van der Waals surface area contributed by atoms with Gasteiger partial charge in [0.25, 0.3) is 0 Å². The summed E-state index contributed by atoms with van der Waals surface area (Å²) < 4.78 is 37.4. The van der Waals surface area contributed by atoms with Crippen molar-refractivity contribution in [3.63, 3.8) is 0 Å². The van der Waals surface area contributed by atoms with E-state index in [2.05, 4.69) is 0 Å². The van der Waals surface area contributed by atoms with Gasteiger partial charge in [-0.15, -0.1) is 11.3 Å². The van der Waals surface area contributed by atoms with Gasteiger partial charge in [0.15, 0.2) is 6.29 Å². The Bertz CT molecular complexity index is 381. The highest BCUT2D eigenvalue weighted by Gasteiger charge is 2.41. The molecule has 0 N–H and O–H groups in total. The van der Waals surface area contributed by atoms with Crippen molar-refractivity contribution in [2.45, 2.75) is 25.4 Å². The molecule has 0 saturated carbocycles. The third kappa shape index (κ3) is 2.07. The van der Waals surface area contributed by atoms with Crippen molar-refractivity contribution in [2.75, 3.05) is 0 Å². The number of rotatable bonds is 1. The summed E-state index contributed by atoms with van der Waals surface area (Å²) in [7, 11) is 0. The summed E-state index contributed by atoms with van der Waals surface area (Å²) >= 11 is 1.31. The summed E-state index contributed by atoms with van der Waals surface area (Å²) in [5.74, 6) is -1.24. The van der Waals surface area contributed by atoms with E-state index in [4.69, 9.17) is 0 Å². The zero-order valence-electron chi connectivity index (χ0n) is 7.80. The summed E-state index contributed by atoms with van der Waals surface area (Å²) in [5.41, 5.74) is 0.704. The molecule has 2 rings (SSSR count). The molecule has 0 radical (unpaired) electrons. The van der Waals surface area contributed by atoms with Crippen molar-refractivity contribution >= 4 is 17.6 Å². The first-order chi connectivity index (χ1) is 7.00. The number of fused-ring (bicyclic) bond motifs is 1. The van der Waals surface area contributed by atoms with Crippen LogP contribution in [-0.2, 0) is 12.8 Å². The van der Waals surface area contributed by atoms with Crippen LogP contribution in [0.15, 0.2) is 6.07 Å². The Balaban J connectivity index is 2.23. The zero-order chi connectivity index (χ0) is 11.1. The first-order valence-corrected chi connectivity index (χ1v) is 5.46. The lowest BCUT2D eigenvalue weighted by Gasteiger charge is -2.24. The number of thiophene rings is 1. The van der Waals surface area contributed by atoms with E-state index in [1.54, 1.807) is 6.07 Å². The van der Waals surface area contributed by atoms with Crippen LogP contribution in [-0.4, -0.2) is 12.5 Å². The Kier molecular flexibility index (Phi) is 2.58. The Labute approximate surface area is 88.9 Å². The lowest BCUT2D eigenvalue weighted by atomic mass is 9.88. The fourth-order valence-electron chi connectivity index (χ4n) is 1.88. The van der Waals surface area contributed by atoms with Crippen LogP contribution in [0.3, 0.4) is 0 Å². The molecular weight excluding hydrogens is 225 g/mol. The number of hydrogen-bond acceptors (Lipinski definition) is 2. The lowest BCUT2D eigenvalue weighted by molar-refractivity contribution is -0.176. The molecular formula is C10H9F3OS. The molecule has 1 atom stereocenters. The van der Waals surface area contributed by atoms with Crippen molar-refractivity contribution in [1.82, 2.24) is 0 Å². The van der Waals surface area contributed by atoms with Crippen molar-refractivity contribution < 1.29 is 18.0 Å². The van der Waals surface area contributed by atoms with E-state index in [-0.39, 0.29) is 12.8 Å². The van der Waals surface area contributed by atoms with E-state index in [0.29, 0.717) is 23.1 Å². The average Bonchev–Trinajstić information content (AvgIpc) is 2.57. The number of alkyl halides is 3. The fourth-order valence-corrected chi connectivity index (χ4v) is 2.91. The maximum absolute atomic E-state index is 12.5. The third-order valence-corrected chi connectivity index (χ3v) is 3.84. The van der Waals surface area contributed by atoms with Gasteiger partial charge in [0.2, 0.25) is 0 Å². The van der Waals surface area contributed by atoms with Crippen molar-refractivity contribution in [1.29, 1.82) is 0 Å². The number of aldehydes is 1. The van der Waals surface area contributed by atoms with Crippen LogP contribution in [0.4, 0.5) is 13.2 Å². The van der Waals surface area contributed by atoms with Gasteiger partial charge in [-0.3, -0.25) is 4.79 Å². The van der Waals surface area contributed by atoms with Gasteiger partial charge in [-0.25, -0.2) is 0 Å². The molecule has 5 heteroatoms. The number of halogens is 3. The second-order valence-corrected chi connectivity index (χ2v) is 4.86. The molecule has 1 aromatic rings. The zero-order valence-corrected chi connectivity index (χ0v) is 8.62. The van der Waals surface area contributed by atoms with Crippen LogP contribution < -0.4 is 0 Å². The van der Waals surface area contributed by atoms with Crippen LogP contribution in [0.25, 0.3) is 0 Å². The molecule has 1 aliphatic rings. The molecule has 1 aromatic heterocycles. The van der Waals surface area contributed by atoms with Gasteiger partial charge in [0, 0.05) is 4.88 Å². The van der Waals surface area contributed by atoms with Crippen LogP contribution in [0.5, 0.6) is 0 Å². The van der Waals surface area contributed by atoms with Crippen molar-refractivity contribution in [3.05, 3.63) is 21.4 Å². The number of aryl methyl sites for hydroxylation is 1. The van der Waals surface area contributed by atoms with Gasteiger partial charge in [-0.1, -0.05) is 0 Å². The Morgan fingerprint density at radius 3 is 2.80 bits per heavy atom. The summed E-state index contributed by atoms with van der Waals surface area (Å²) in [5, 5.41) is 0. The van der Waals surface area contributed by atoms with Crippen LogP contribution >= 0.6 is 11.3 Å². The first-order valence-electron chi connectivity index (χ1n) is 4.64. The normalized spacial score (nSPS) is 21.1. The lowest BCUT2D eigenvalue weighted by Crippen LogP contribution is -2.28. The molecule has 0 saturated heterocycles. The predicted octanol–water partition coefficient (Wildman–Crippen LogP) is 3.23. The van der Waals surface area contributed by atoms with Gasteiger partial charge >= 0.3 is 6.18 Å². The molecule has 0 aliphatic heterocycles. The number of carbonyl (C=O) groups excluding carboxylic acids is 1. The molecule has 0 bridgehead atoms. The second kappa shape index (κ2) is 3.63. The summed E-state index contributed by atoms with van der Waals surface area (Å²) in [6, 6.07) is 1.59. The quantitative estimate of drug-likeness (QED) is 0.682. The number of hydrogen-bond donors (Lipinski definition) is 0. The molecule has 0 fully saturated rings. The van der Waals surface area contributed by atoms with E-state index in [1.165, 1.54) is 11.3 Å². The molecule has 1 heterocycles. The van der Waals surface area contributed by atoms with Gasteiger partial charge < -0.3 is 0 Å². The maximum atomic E-state index is 12.5. The standard InChI is InChI=1S/C10H9F3OS/c11-10(12,13)7-1-2-9-6(3-7)4-8(5-14)15-9/h4-5,7H,1-3H2. The largest absolute Gasteiger partial charge is 0.392 e. The Morgan fingerprint density at radius 2 is 2.20 bits per heavy atom. The topological polar surface area (TPSA) is 17.1 Å². The Hall–Kier alpha value is -0.840. The van der Waals surface area contributed by atoms with E-state index in [9.17, 15) is 18.0 Å². The van der Waals surface area contributed by atoms with Gasteiger partial charge in [0.1, 0.15) is 0 Å². The van der Waals surface area contributed by atoms with E-state index in [1.807, 2.05) is 0 Å². The minimum Gasteiger partial charge on any atom is -0.297 e. The molecule has 82 valence electrons. The highest BCUT2D eigenvalue weighted by Crippen LogP contribution is 2.39. The molecule has 1 aliphatic carbocycles. The minimum absolute atomic E-state index is 0.0309. The predicted molar refractivity (Wildman–Crippen MR) is 51.3 cm³/mol. The summed E-state index contributed by atoms with van der Waals surface area (Å²) in [6.07, 6.45) is -2.79. The average molecular weight is 234 g/mol. The summed E-state index contributed by atoms with van der Waals surface area (Å²) in [4.78, 5) is 12.0. The highest BCUT2D eigenvalue weighted by molar-refractivity contribution is 7.13. The van der Waals surface area contributed by atoms with E-state index < -0.39 is 12.1 Å². The maximum Gasteiger partial charge on any atom is 0.392 e. The van der Waals surface area contributed by atoms with Gasteiger partial charge in [-0.05, 0) is 30.9 Å². The van der Waals surface area contributed by atoms with Gasteiger partial charge in [-0.2, -0.15) is 13.2 Å². The van der Waals surface area contributed by atoms with Gasteiger partial charge in [0.05, 0.1) is 10.8 Å². The van der Waals surface area contributed by atoms with Crippen LogP contribution in [0.1, 0.15) is 26.5 Å². The fraction of sp³-hybridized carbons (Fsp3) is 0.500. The second-order valence-electron chi connectivity index (χ2n) is 3.70. The van der Waals surface area contributed by atoms with E-state index >= 15 is 0 Å². The van der Waals surface area contributed by atoms with Crippen LogP contribution in [0.2, 0.25) is 0 Å². The van der Waals surface area contributed by atoms with Crippen molar-refractivity contribution in [3.8, 4) is 0 Å². The first kappa shape index (κ1) is 10.7. The molecule has 0 aromatic carbocycles. The van der Waals surface area contributed by atoms with E-state index in [0.717, 1.165) is 4.88 Å². The molecule has 1 nitrogen and oxygen atoms in total. The SMILES string of the molecule is O=Cc1cc2c(s1)CCC(C(F)(F)F)C2. The minimum atomic E-state index is -4.11. The van der Waals surface area contributed by atoms with Crippen LogP contribution in [0, 0.1) is 5.92 Å². The highest BCUT2D eigenvalue weighted by atomic mass is 32.1. The monoisotopic (exact) mass is 234 g/mol. The molecule has 0 amide bonds. The molecule has 15 heavy (non-hydrogen) atoms. The molecule has 1 unspecified atom stereocenters. The summed E-state index contributed by atoms with van der Waals surface area (Å²) in [6.45, 7) is 0. The smallest absolute Gasteiger partial charge is 0.297 e. The Morgan fingerprint density at radius 1 is 1.47 bits per heavy atom. The third-order valence-electron chi connectivity index (χ3n) is 2.68. The molecule has 0 spiro atoms. The van der Waals surface area contributed by atoms with Crippen molar-refractivity contribution in [2.24, 2.45) is 5.92 Å².